The van der Waals surface area contributed by atoms with Gasteiger partial charge in [-0.2, -0.15) is 0 Å². The van der Waals surface area contributed by atoms with Crippen molar-refractivity contribution in [2.24, 2.45) is 0 Å². The molecule has 0 radical (unpaired) electrons. The minimum Gasteiger partial charge on any atom is -0.317 e. The molecule has 0 aromatic carbocycles. The summed E-state index contributed by atoms with van der Waals surface area (Å²) in [6, 6.07) is 0. The standard InChI is InChI=1S/C4H12NO4P/c1-4(3-5-2)9-10(6,7)8/h4-5H,3H2,1-2H3,(H2,6,7,8)/t4-/m1/s1. The Morgan fingerprint density at radius 2 is 2.20 bits per heavy atom. The van der Waals surface area contributed by atoms with Gasteiger partial charge in [0.1, 0.15) is 0 Å². The lowest BCUT2D eigenvalue weighted by molar-refractivity contribution is 0.145. The molecule has 10 heavy (non-hydrogen) atoms. The maximum atomic E-state index is 10.2. The molecule has 6 heteroatoms. The predicted molar refractivity (Wildman–Crippen MR) is 36.5 cm³/mol. The fraction of sp³-hybridized carbons (Fsp3) is 1.00. The second-order valence-corrected chi connectivity index (χ2v) is 3.16. The Bertz CT molecular complexity index is 133. The van der Waals surface area contributed by atoms with Crippen molar-refractivity contribution in [3.8, 4) is 0 Å². The summed E-state index contributed by atoms with van der Waals surface area (Å²) in [4.78, 5) is 16.6. The summed E-state index contributed by atoms with van der Waals surface area (Å²) >= 11 is 0. The largest absolute Gasteiger partial charge is 0.469 e. The van der Waals surface area contributed by atoms with Crippen LogP contribution in [0.2, 0.25) is 0 Å². The highest BCUT2D eigenvalue weighted by atomic mass is 31.2. The lowest BCUT2D eigenvalue weighted by Crippen LogP contribution is -2.22. The van der Waals surface area contributed by atoms with Gasteiger partial charge in [-0.05, 0) is 14.0 Å². The Kier molecular flexibility index (Phi) is 4.08. The van der Waals surface area contributed by atoms with Gasteiger partial charge in [-0.1, -0.05) is 0 Å². The molecular weight excluding hydrogens is 157 g/mol. The number of likely N-dealkylation sites (N-methyl/N-ethyl adjacent to an activating group) is 1. The van der Waals surface area contributed by atoms with E-state index in [-0.39, 0.29) is 0 Å². The van der Waals surface area contributed by atoms with Crippen molar-refractivity contribution in [2.45, 2.75) is 13.0 Å². The molecule has 0 unspecified atom stereocenters. The predicted octanol–water partition coefficient (Wildman–Crippen LogP) is -0.296. The number of phosphoric ester groups is 1. The molecule has 0 aromatic rings. The first-order valence-electron chi connectivity index (χ1n) is 2.84. The van der Waals surface area contributed by atoms with Crippen LogP contribution in [0.1, 0.15) is 6.92 Å². The molecule has 0 amide bonds. The molecule has 0 fully saturated rings. The molecule has 0 aliphatic carbocycles. The first-order valence-corrected chi connectivity index (χ1v) is 4.37. The summed E-state index contributed by atoms with van der Waals surface area (Å²) in [6.45, 7) is 2.00. The zero-order chi connectivity index (χ0) is 8.20. The van der Waals surface area contributed by atoms with E-state index in [1.54, 1.807) is 14.0 Å². The molecule has 1 atom stereocenters. The van der Waals surface area contributed by atoms with E-state index in [1.165, 1.54) is 0 Å². The Balaban J connectivity index is 3.58. The normalized spacial score (nSPS) is 15.2. The highest BCUT2D eigenvalue weighted by Crippen LogP contribution is 2.37. The van der Waals surface area contributed by atoms with Crippen LogP contribution in [0.25, 0.3) is 0 Å². The van der Waals surface area contributed by atoms with Crippen molar-refractivity contribution < 1.29 is 18.9 Å². The van der Waals surface area contributed by atoms with Crippen LogP contribution in [0.3, 0.4) is 0 Å². The molecule has 62 valence electrons. The van der Waals surface area contributed by atoms with Crippen molar-refractivity contribution >= 4 is 7.82 Å². The van der Waals surface area contributed by atoms with Crippen LogP contribution in [0.5, 0.6) is 0 Å². The molecule has 0 heterocycles. The molecule has 0 saturated heterocycles. The molecule has 3 N–H and O–H groups in total. The minimum absolute atomic E-state index is 0.422. The lowest BCUT2D eigenvalue weighted by atomic mass is 10.4. The van der Waals surface area contributed by atoms with Crippen molar-refractivity contribution in [1.82, 2.24) is 5.32 Å². The average molecular weight is 169 g/mol. The molecule has 0 aromatic heterocycles. The van der Waals surface area contributed by atoms with E-state index in [9.17, 15) is 4.57 Å². The number of rotatable bonds is 4. The zero-order valence-electron chi connectivity index (χ0n) is 5.94. The Hall–Kier alpha value is 0.0700. The van der Waals surface area contributed by atoms with E-state index in [0.29, 0.717) is 6.54 Å². The maximum Gasteiger partial charge on any atom is 0.469 e. The summed E-state index contributed by atoms with van der Waals surface area (Å²) in [5.41, 5.74) is 0. The third-order valence-corrected chi connectivity index (χ3v) is 1.44. The molecule has 0 aliphatic heterocycles. The summed E-state index contributed by atoms with van der Waals surface area (Å²) in [7, 11) is -2.61. The second kappa shape index (κ2) is 4.05. The van der Waals surface area contributed by atoms with Crippen LogP contribution in [0.15, 0.2) is 0 Å². The summed E-state index contributed by atoms with van der Waals surface area (Å²) < 4.78 is 14.4. The number of hydrogen-bond donors (Lipinski definition) is 3. The second-order valence-electron chi connectivity index (χ2n) is 1.96. The molecule has 5 nitrogen and oxygen atoms in total. The van der Waals surface area contributed by atoms with E-state index in [4.69, 9.17) is 9.79 Å². The minimum atomic E-state index is -4.29. The van der Waals surface area contributed by atoms with Gasteiger partial charge in [-0.15, -0.1) is 0 Å². The van der Waals surface area contributed by atoms with Gasteiger partial charge in [-0.25, -0.2) is 4.57 Å². The Morgan fingerprint density at radius 1 is 1.70 bits per heavy atom. The molecule has 0 saturated carbocycles. The van der Waals surface area contributed by atoms with E-state index in [0.717, 1.165) is 0 Å². The van der Waals surface area contributed by atoms with E-state index >= 15 is 0 Å². The smallest absolute Gasteiger partial charge is 0.317 e. The van der Waals surface area contributed by atoms with Gasteiger partial charge in [-0.3, -0.25) is 4.52 Å². The Labute approximate surface area is 59.6 Å². The van der Waals surface area contributed by atoms with E-state index < -0.39 is 13.9 Å². The first kappa shape index (κ1) is 10.1. The summed E-state index contributed by atoms with van der Waals surface area (Å²) in [5.74, 6) is 0. The monoisotopic (exact) mass is 169 g/mol. The Morgan fingerprint density at radius 3 is 2.50 bits per heavy atom. The molecule has 0 spiro atoms. The van der Waals surface area contributed by atoms with Crippen LogP contribution in [0.4, 0.5) is 0 Å². The van der Waals surface area contributed by atoms with Crippen LogP contribution < -0.4 is 5.32 Å². The van der Waals surface area contributed by atoms with Gasteiger partial charge in [0.15, 0.2) is 0 Å². The number of nitrogens with one attached hydrogen (secondary N) is 1. The molecule has 0 aliphatic rings. The fourth-order valence-electron chi connectivity index (χ4n) is 0.559. The zero-order valence-corrected chi connectivity index (χ0v) is 6.84. The van der Waals surface area contributed by atoms with Crippen LogP contribution in [0, 0.1) is 0 Å². The van der Waals surface area contributed by atoms with Gasteiger partial charge in [0.25, 0.3) is 0 Å². The summed E-state index contributed by atoms with van der Waals surface area (Å²) in [5, 5.41) is 2.72. The molecule has 0 rings (SSSR count). The van der Waals surface area contributed by atoms with Gasteiger partial charge in [0.05, 0.1) is 6.10 Å². The molecular formula is C4H12NO4P. The SMILES string of the molecule is CNC[C@@H](C)OP(=O)(O)O. The topological polar surface area (TPSA) is 78.8 Å². The number of phosphoric acid groups is 1. The first-order chi connectivity index (χ1) is 4.45. The van der Waals surface area contributed by atoms with Crippen LogP contribution in [-0.4, -0.2) is 29.5 Å². The lowest BCUT2D eigenvalue weighted by Gasteiger charge is -2.11. The maximum absolute atomic E-state index is 10.2. The average Bonchev–Trinajstić information content (AvgIpc) is 1.59. The van der Waals surface area contributed by atoms with Crippen molar-refractivity contribution in [3.05, 3.63) is 0 Å². The van der Waals surface area contributed by atoms with Gasteiger partial charge < -0.3 is 15.1 Å². The van der Waals surface area contributed by atoms with E-state index in [1.807, 2.05) is 0 Å². The molecule has 0 bridgehead atoms. The fourth-order valence-corrected chi connectivity index (χ4v) is 1.10. The van der Waals surface area contributed by atoms with Gasteiger partial charge >= 0.3 is 7.82 Å². The van der Waals surface area contributed by atoms with Crippen molar-refractivity contribution in [1.29, 1.82) is 0 Å². The van der Waals surface area contributed by atoms with E-state index in [2.05, 4.69) is 9.84 Å². The third-order valence-electron chi connectivity index (χ3n) is 0.809. The van der Waals surface area contributed by atoms with Crippen molar-refractivity contribution in [2.75, 3.05) is 13.6 Å². The third kappa shape index (κ3) is 6.19. The van der Waals surface area contributed by atoms with Crippen molar-refractivity contribution in [3.63, 3.8) is 0 Å². The highest BCUT2D eigenvalue weighted by molar-refractivity contribution is 7.46. The summed E-state index contributed by atoms with van der Waals surface area (Å²) in [6.07, 6.45) is -0.467. The number of hydrogen-bond acceptors (Lipinski definition) is 3. The van der Waals surface area contributed by atoms with Crippen LogP contribution >= 0.6 is 7.82 Å². The van der Waals surface area contributed by atoms with Gasteiger partial charge in [0, 0.05) is 6.54 Å². The quantitative estimate of drug-likeness (QED) is 0.504. The highest BCUT2D eigenvalue weighted by Gasteiger charge is 2.17. The van der Waals surface area contributed by atoms with Crippen LogP contribution in [-0.2, 0) is 9.09 Å². The van der Waals surface area contributed by atoms with Gasteiger partial charge in [0.2, 0.25) is 0 Å².